The molecule has 0 radical (unpaired) electrons. The van der Waals surface area contributed by atoms with Crippen LogP contribution in [-0.2, 0) is 0 Å². The Labute approximate surface area is 133 Å². The summed E-state index contributed by atoms with van der Waals surface area (Å²) in [5.41, 5.74) is 0.223. The first-order valence-corrected chi connectivity index (χ1v) is 8.06. The monoisotopic (exact) mass is 325 g/mol. The molecule has 3 N–H and O–H groups in total. The number of aromatic nitrogens is 2. The minimum atomic E-state index is -0.394. The molecule has 1 aromatic heterocycles. The molecular weight excluding hydrogens is 306 g/mol. The summed E-state index contributed by atoms with van der Waals surface area (Å²) in [4.78, 5) is 25.5. The van der Waals surface area contributed by atoms with Gasteiger partial charge >= 0.3 is 6.03 Å². The third kappa shape index (κ3) is 3.35. The van der Waals surface area contributed by atoms with Crippen LogP contribution in [0.1, 0.15) is 32.1 Å². The van der Waals surface area contributed by atoms with Crippen LogP contribution in [0.2, 0.25) is 5.02 Å². The van der Waals surface area contributed by atoms with Crippen LogP contribution in [0.4, 0.5) is 10.5 Å². The SMILES string of the molecule is O=C(NC1CCCC1)NC1CCN(c2cn[nH]c(=O)c2Cl)C1. The van der Waals surface area contributed by atoms with Gasteiger partial charge in [-0.3, -0.25) is 4.79 Å². The molecule has 1 aromatic rings. The molecule has 2 amide bonds. The van der Waals surface area contributed by atoms with Gasteiger partial charge in [0.1, 0.15) is 5.02 Å². The van der Waals surface area contributed by atoms with E-state index in [1.54, 1.807) is 6.20 Å². The molecule has 1 unspecified atom stereocenters. The number of halogens is 1. The highest BCUT2D eigenvalue weighted by atomic mass is 35.5. The highest BCUT2D eigenvalue weighted by molar-refractivity contribution is 6.33. The van der Waals surface area contributed by atoms with Crippen LogP contribution in [-0.4, -0.2) is 41.4 Å². The maximum absolute atomic E-state index is 12.0. The van der Waals surface area contributed by atoms with Crippen LogP contribution in [0.3, 0.4) is 0 Å². The Morgan fingerprint density at radius 2 is 2.00 bits per heavy atom. The van der Waals surface area contributed by atoms with Gasteiger partial charge in [0.05, 0.1) is 11.9 Å². The molecule has 3 rings (SSSR count). The van der Waals surface area contributed by atoms with E-state index in [1.807, 2.05) is 4.90 Å². The fraction of sp³-hybridized carbons (Fsp3) is 0.643. The summed E-state index contributed by atoms with van der Waals surface area (Å²) in [7, 11) is 0. The van der Waals surface area contributed by atoms with Crippen LogP contribution in [0.15, 0.2) is 11.0 Å². The van der Waals surface area contributed by atoms with Crippen molar-refractivity contribution < 1.29 is 4.79 Å². The third-order valence-corrected chi connectivity index (χ3v) is 4.70. The number of H-pyrrole nitrogens is 1. The lowest BCUT2D eigenvalue weighted by Gasteiger charge is -2.20. The Kier molecular flexibility index (Phi) is 4.52. The second-order valence-corrected chi connectivity index (χ2v) is 6.31. The van der Waals surface area contributed by atoms with E-state index in [9.17, 15) is 9.59 Å². The quantitative estimate of drug-likeness (QED) is 0.780. The van der Waals surface area contributed by atoms with E-state index in [-0.39, 0.29) is 17.1 Å². The zero-order valence-corrected chi connectivity index (χ0v) is 13.0. The first kappa shape index (κ1) is 15.1. The van der Waals surface area contributed by atoms with Gasteiger partial charge in [0.15, 0.2) is 0 Å². The van der Waals surface area contributed by atoms with Crippen LogP contribution in [0, 0.1) is 0 Å². The molecule has 2 fully saturated rings. The molecule has 0 spiro atoms. The second kappa shape index (κ2) is 6.56. The van der Waals surface area contributed by atoms with E-state index in [1.165, 1.54) is 12.8 Å². The normalized spacial score (nSPS) is 22.0. The number of carbonyl (C=O) groups excluding carboxylic acids is 1. The minimum absolute atomic E-state index is 0.0526. The number of hydrogen-bond acceptors (Lipinski definition) is 4. The van der Waals surface area contributed by atoms with E-state index >= 15 is 0 Å². The van der Waals surface area contributed by atoms with Crippen molar-refractivity contribution in [3.63, 3.8) is 0 Å². The van der Waals surface area contributed by atoms with Crippen molar-refractivity contribution in [3.8, 4) is 0 Å². The van der Waals surface area contributed by atoms with Crippen molar-refractivity contribution in [1.29, 1.82) is 0 Å². The Bertz CT molecular complexity index is 599. The smallest absolute Gasteiger partial charge is 0.315 e. The number of amides is 2. The largest absolute Gasteiger partial charge is 0.367 e. The summed E-state index contributed by atoms with van der Waals surface area (Å²) < 4.78 is 0. The maximum atomic E-state index is 12.0. The molecule has 0 bridgehead atoms. The number of carbonyl (C=O) groups is 1. The number of nitrogens with one attached hydrogen (secondary N) is 3. The van der Waals surface area contributed by atoms with Gasteiger partial charge < -0.3 is 15.5 Å². The number of hydrogen-bond donors (Lipinski definition) is 3. The van der Waals surface area contributed by atoms with Crippen LogP contribution >= 0.6 is 11.6 Å². The lowest BCUT2D eigenvalue weighted by molar-refractivity contribution is 0.234. The summed E-state index contributed by atoms with van der Waals surface area (Å²) in [5, 5.41) is 12.2. The molecule has 1 saturated carbocycles. The first-order chi connectivity index (χ1) is 10.6. The van der Waals surface area contributed by atoms with E-state index in [4.69, 9.17) is 11.6 Å². The standard InChI is InChI=1S/C14H20ClN5O2/c15-12-11(7-16-19-13(12)21)20-6-5-10(8-20)18-14(22)17-9-3-1-2-4-9/h7,9-10H,1-6,8H2,(H,19,21)(H2,17,18,22). The number of anilines is 1. The molecule has 1 aliphatic carbocycles. The van der Waals surface area contributed by atoms with Gasteiger partial charge in [-0.1, -0.05) is 24.4 Å². The van der Waals surface area contributed by atoms with Crippen molar-refractivity contribution in [2.75, 3.05) is 18.0 Å². The molecule has 1 aliphatic heterocycles. The van der Waals surface area contributed by atoms with Crippen molar-refractivity contribution in [1.82, 2.24) is 20.8 Å². The summed E-state index contributed by atoms with van der Waals surface area (Å²) in [6.07, 6.45) is 6.88. The van der Waals surface area contributed by atoms with Gasteiger partial charge in [-0.05, 0) is 19.3 Å². The topological polar surface area (TPSA) is 90.1 Å². The minimum Gasteiger partial charge on any atom is -0.367 e. The Balaban J connectivity index is 1.54. The Hall–Kier alpha value is -1.76. The second-order valence-electron chi connectivity index (χ2n) is 5.93. The number of urea groups is 1. The average molecular weight is 326 g/mol. The van der Waals surface area contributed by atoms with E-state index in [2.05, 4.69) is 20.8 Å². The van der Waals surface area contributed by atoms with E-state index < -0.39 is 5.56 Å². The van der Waals surface area contributed by atoms with Crippen molar-refractivity contribution in [2.45, 2.75) is 44.2 Å². The van der Waals surface area contributed by atoms with Gasteiger partial charge in [0, 0.05) is 25.2 Å². The van der Waals surface area contributed by atoms with Crippen molar-refractivity contribution >= 4 is 23.3 Å². The molecule has 22 heavy (non-hydrogen) atoms. The zero-order chi connectivity index (χ0) is 15.5. The fourth-order valence-corrected chi connectivity index (χ4v) is 3.38. The molecule has 1 atom stereocenters. The van der Waals surface area contributed by atoms with Gasteiger partial charge in [0.25, 0.3) is 5.56 Å². The van der Waals surface area contributed by atoms with Gasteiger partial charge in [-0.15, -0.1) is 0 Å². The van der Waals surface area contributed by atoms with Crippen molar-refractivity contribution in [3.05, 3.63) is 21.6 Å². The van der Waals surface area contributed by atoms with Crippen LogP contribution in [0.25, 0.3) is 0 Å². The molecule has 2 aliphatic rings. The number of nitrogens with zero attached hydrogens (tertiary/aromatic N) is 2. The Morgan fingerprint density at radius 3 is 2.77 bits per heavy atom. The van der Waals surface area contributed by atoms with Crippen molar-refractivity contribution in [2.24, 2.45) is 0 Å². The highest BCUT2D eigenvalue weighted by Gasteiger charge is 2.27. The fourth-order valence-electron chi connectivity index (χ4n) is 3.17. The summed E-state index contributed by atoms with van der Waals surface area (Å²) in [5.74, 6) is 0. The molecule has 7 nitrogen and oxygen atoms in total. The van der Waals surface area contributed by atoms with Gasteiger partial charge in [-0.2, -0.15) is 5.10 Å². The molecule has 0 aromatic carbocycles. The first-order valence-electron chi connectivity index (χ1n) is 7.68. The van der Waals surface area contributed by atoms with Gasteiger partial charge in [-0.25, -0.2) is 9.89 Å². The third-order valence-electron chi connectivity index (χ3n) is 4.33. The molecule has 2 heterocycles. The molecule has 1 saturated heterocycles. The van der Waals surface area contributed by atoms with E-state index in [0.29, 0.717) is 18.3 Å². The predicted octanol–water partition coefficient (Wildman–Crippen LogP) is 1.24. The average Bonchev–Trinajstić information content (AvgIpc) is 3.14. The molecule has 120 valence electrons. The zero-order valence-electron chi connectivity index (χ0n) is 12.3. The van der Waals surface area contributed by atoms with Crippen LogP contribution < -0.4 is 21.1 Å². The van der Waals surface area contributed by atoms with Crippen LogP contribution in [0.5, 0.6) is 0 Å². The highest BCUT2D eigenvalue weighted by Crippen LogP contribution is 2.24. The van der Waals surface area contributed by atoms with Gasteiger partial charge in [0.2, 0.25) is 0 Å². The Morgan fingerprint density at radius 1 is 1.27 bits per heavy atom. The number of aromatic amines is 1. The maximum Gasteiger partial charge on any atom is 0.315 e. The predicted molar refractivity (Wildman–Crippen MR) is 84.4 cm³/mol. The number of rotatable bonds is 3. The molecular formula is C14H20ClN5O2. The summed E-state index contributed by atoms with van der Waals surface area (Å²) in [6.45, 7) is 1.36. The lowest BCUT2D eigenvalue weighted by atomic mass is 10.2. The lowest BCUT2D eigenvalue weighted by Crippen LogP contribution is -2.46. The van der Waals surface area contributed by atoms with E-state index in [0.717, 1.165) is 25.8 Å². The summed E-state index contributed by atoms with van der Waals surface area (Å²) in [6, 6.07) is 0.259. The summed E-state index contributed by atoms with van der Waals surface area (Å²) >= 11 is 6.01. The molecule has 8 heteroatoms.